The van der Waals surface area contributed by atoms with Gasteiger partial charge < -0.3 is 20.2 Å². The summed E-state index contributed by atoms with van der Waals surface area (Å²) < 4.78 is 11.3. The molecule has 0 spiro atoms. The SMILES string of the molecule is Cc1ccc(CN=C(N)Nc2cccc3oc(OC(=O)c4ccc(-c5ccccc5)cc4)cc23)cc1. The lowest BCUT2D eigenvalue weighted by Crippen LogP contribution is -2.22. The maximum Gasteiger partial charge on any atom is 0.345 e. The lowest BCUT2D eigenvalue weighted by molar-refractivity contribution is 0.0697. The predicted molar refractivity (Wildman–Crippen MR) is 143 cm³/mol. The van der Waals surface area contributed by atoms with E-state index in [1.807, 2.05) is 85.8 Å². The van der Waals surface area contributed by atoms with Crippen LogP contribution in [0.1, 0.15) is 21.5 Å². The number of nitrogens with zero attached hydrogens (tertiary/aromatic N) is 1. The number of benzene rings is 4. The van der Waals surface area contributed by atoms with Crippen LogP contribution in [0.5, 0.6) is 5.95 Å². The molecule has 0 atom stereocenters. The standard InChI is InChI=1S/C30H25N3O3/c1-20-10-12-21(13-11-20)19-32-30(31)33-26-8-5-9-27-25(26)18-28(35-27)36-29(34)24-16-14-23(15-17-24)22-6-3-2-4-7-22/h2-18H,19H2,1H3,(H3,31,32,33). The molecule has 5 rings (SSSR count). The van der Waals surface area contributed by atoms with Crippen LogP contribution in [0.25, 0.3) is 22.1 Å². The summed E-state index contributed by atoms with van der Waals surface area (Å²) in [4.78, 5) is 17.1. The van der Waals surface area contributed by atoms with Crippen LogP contribution in [-0.2, 0) is 6.54 Å². The Hall–Kier alpha value is -4.84. The number of rotatable bonds is 6. The molecular formula is C30H25N3O3. The quantitative estimate of drug-likeness (QED) is 0.165. The largest absolute Gasteiger partial charge is 0.425 e. The lowest BCUT2D eigenvalue weighted by atomic mass is 10.0. The van der Waals surface area contributed by atoms with E-state index < -0.39 is 5.97 Å². The number of fused-ring (bicyclic) bond motifs is 1. The number of anilines is 1. The van der Waals surface area contributed by atoms with E-state index in [2.05, 4.69) is 10.3 Å². The number of esters is 1. The summed E-state index contributed by atoms with van der Waals surface area (Å²) in [7, 11) is 0. The van der Waals surface area contributed by atoms with Crippen LogP contribution in [0.3, 0.4) is 0 Å². The lowest BCUT2D eigenvalue weighted by Gasteiger charge is -2.06. The van der Waals surface area contributed by atoms with Gasteiger partial charge in [-0.05, 0) is 47.9 Å². The Kier molecular flexibility index (Phi) is 6.49. The summed E-state index contributed by atoms with van der Waals surface area (Å²) in [5.74, 6) is -0.116. The number of hydrogen-bond donors (Lipinski definition) is 2. The number of carbonyl (C=O) groups excluding carboxylic acids is 1. The van der Waals surface area contributed by atoms with Gasteiger partial charge >= 0.3 is 5.97 Å². The third-order valence-electron chi connectivity index (χ3n) is 5.78. The zero-order chi connectivity index (χ0) is 24.9. The zero-order valence-electron chi connectivity index (χ0n) is 19.8. The number of ether oxygens (including phenoxy) is 1. The first-order valence-electron chi connectivity index (χ1n) is 11.6. The second-order valence-corrected chi connectivity index (χ2v) is 8.43. The van der Waals surface area contributed by atoms with Crippen molar-refractivity contribution in [1.82, 2.24) is 0 Å². The molecular weight excluding hydrogens is 450 g/mol. The van der Waals surface area contributed by atoms with Crippen LogP contribution in [0.4, 0.5) is 5.69 Å². The maximum absolute atomic E-state index is 12.7. The highest BCUT2D eigenvalue weighted by Gasteiger charge is 2.15. The summed E-state index contributed by atoms with van der Waals surface area (Å²) in [5, 5.41) is 3.84. The van der Waals surface area contributed by atoms with Gasteiger partial charge in [-0.25, -0.2) is 9.79 Å². The Labute approximate surface area is 209 Å². The van der Waals surface area contributed by atoms with E-state index in [4.69, 9.17) is 14.9 Å². The first-order valence-corrected chi connectivity index (χ1v) is 11.6. The molecule has 0 fully saturated rings. The van der Waals surface area contributed by atoms with Gasteiger partial charge in [0.1, 0.15) is 5.58 Å². The van der Waals surface area contributed by atoms with Gasteiger partial charge in [-0.1, -0.05) is 78.4 Å². The molecule has 1 aromatic heterocycles. The summed E-state index contributed by atoms with van der Waals surface area (Å²) >= 11 is 0. The van der Waals surface area contributed by atoms with Gasteiger partial charge in [-0.3, -0.25) is 0 Å². The van der Waals surface area contributed by atoms with E-state index in [9.17, 15) is 4.79 Å². The molecule has 0 bridgehead atoms. The molecule has 0 amide bonds. The molecule has 3 N–H and O–H groups in total. The van der Waals surface area contributed by atoms with Crippen molar-refractivity contribution in [2.24, 2.45) is 10.7 Å². The molecule has 0 unspecified atom stereocenters. The first kappa shape index (κ1) is 22.9. The van der Waals surface area contributed by atoms with Crippen molar-refractivity contribution in [3.05, 3.63) is 120 Å². The van der Waals surface area contributed by atoms with Gasteiger partial charge in [0.2, 0.25) is 0 Å². The predicted octanol–water partition coefficient (Wildman–Crippen LogP) is 6.55. The zero-order valence-corrected chi connectivity index (χ0v) is 19.8. The van der Waals surface area contributed by atoms with Crippen LogP contribution in [-0.4, -0.2) is 11.9 Å². The molecule has 36 heavy (non-hydrogen) atoms. The van der Waals surface area contributed by atoms with Crippen molar-refractivity contribution in [2.45, 2.75) is 13.5 Å². The third kappa shape index (κ3) is 5.28. The number of carbonyl (C=O) groups is 1. The van der Waals surface area contributed by atoms with Crippen LogP contribution in [0.2, 0.25) is 0 Å². The monoisotopic (exact) mass is 475 g/mol. The van der Waals surface area contributed by atoms with Gasteiger partial charge in [0.05, 0.1) is 17.8 Å². The fourth-order valence-electron chi connectivity index (χ4n) is 3.82. The first-order chi connectivity index (χ1) is 17.5. The summed E-state index contributed by atoms with van der Waals surface area (Å²) in [6, 6.07) is 32.5. The summed E-state index contributed by atoms with van der Waals surface area (Å²) in [5.41, 5.74) is 12.2. The minimum absolute atomic E-state index is 0.103. The highest BCUT2D eigenvalue weighted by atomic mass is 16.6. The van der Waals surface area contributed by atoms with Gasteiger partial charge in [0, 0.05) is 11.5 Å². The van der Waals surface area contributed by atoms with Crippen LogP contribution < -0.4 is 15.8 Å². The number of aryl methyl sites for hydroxylation is 1. The Morgan fingerprint density at radius 2 is 1.61 bits per heavy atom. The van der Waals surface area contributed by atoms with Crippen LogP contribution in [0.15, 0.2) is 113 Å². The average Bonchev–Trinajstić information content (AvgIpc) is 3.32. The third-order valence-corrected chi connectivity index (χ3v) is 5.78. The maximum atomic E-state index is 12.7. The fourth-order valence-corrected chi connectivity index (χ4v) is 3.82. The van der Waals surface area contributed by atoms with E-state index in [0.29, 0.717) is 23.4 Å². The molecule has 0 saturated carbocycles. The topological polar surface area (TPSA) is 89.8 Å². The second-order valence-electron chi connectivity index (χ2n) is 8.43. The van der Waals surface area contributed by atoms with Gasteiger partial charge in [-0.2, -0.15) is 0 Å². The minimum Gasteiger partial charge on any atom is -0.425 e. The Balaban J connectivity index is 1.28. The number of guanidine groups is 1. The van der Waals surface area contributed by atoms with E-state index in [-0.39, 0.29) is 11.9 Å². The van der Waals surface area contributed by atoms with Crippen LogP contribution >= 0.6 is 0 Å². The number of aliphatic imine (C=N–C) groups is 1. The Bertz CT molecular complexity index is 1520. The molecule has 1 heterocycles. The second kappa shape index (κ2) is 10.2. The summed E-state index contributed by atoms with van der Waals surface area (Å²) in [6.07, 6.45) is 0. The van der Waals surface area contributed by atoms with Gasteiger partial charge in [0.15, 0.2) is 5.96 Å². The number of hydrogen-bond acceptors (Lipinski definition) is 4. The van der Waals surface area contributed by atoms with Crippen molar-refractivity contribution < 1.29 is 13.9 Å². The molecule has 0 aliphatic heterocycles. The molecule has 0 saturated heterocycles. The minimum atomic E-state index is -0.498. The van der Waals surface area contributed by atoms with E-state index in [1.54, 1.807) is 24.3 Å². The van der Waals surface area contributed by atoms with Crippen molar-refractivity contribution in [2.75, 3.05) is 5.32 Å². The fraction of sp³-hybridized carbons (Fsp3) is 0.0667. The normalized spacial score (nSPS) is 11.4. The van der Waals surface area contributed by atoms with E-state index in [1.165, 1.54) is 5.56 Å². The Morgan fingerprint density at radius 3 is 2.36 bits per heavy atom. The molecule has 0 aliphatic rings. The van der Waals surface area contributed by atoms with Crippen molar-refractivity contribution in [3.63, 3.8) is 0 Å². The Morgan fingerprint density at radius 1 is 0.889 bits per heavy atom. The molecule has 4 aromatic carbocycles. The molecule has 178 valence electrons. The average molecular weight is 476 g/mol. The summed E-state index contributed by atoms with van der Waals surface area (Å²) in [6.45, 7) is 2.51. The molecule has 0 radical (unpaired) electrons. The van der Waals surface area contributed by atoms with Crippen molar-refractivity contribution in [1.29, 1.82) is 0 Å². The highest BCUT2D eigenvalue weighted by Crippen LogP contribution is 2.31. The molecule has 0 aliphatic carbocycles. The smallest absolute Gasteiger partial charge is 0.345 e. The highest BCUT2D eigenvalue weighted by molar-refractivity contribution is 6.02. The van der Waals surface area contributed by atoms with Crippen LogP contribution in [0, 0.1) is 6.92 Å². The van der Waals surface area contributed by atoms with Gasteiger partial charge in [0.25, 0.3) is 5.95 Å². The van der Waals surface area contributed by atoms with Crippen molar-refractivity contribution in [3.8, 4) is 17.1 Å². The van der Waals surface area contributed by atoms with Gasteiger partial charge in [-0.15, -0.1) is 0 Å². The number of nitrogens with two attached hydrogens (primary N) is 1. The molecule has 6 heteroatoms. The van der Waals surface area contributed by atoms with E-state index >= 15 is 0 Å². The molecule has 5 aromatic rings. The molecule has 6 nitrogen and oxygen atoms in total. The number of furan rings is 1. The van der Waals surface area contributed by atoms with Crippen molar-refractivity contribution >= 4 is 28.6 Å². The van der Waals surface area contributed by atoms with E-state index in [0.717, 1.165) is 22.1 Å². The number of nitrogens with one attached hydrogen (secondary N) is 1.